The standard InChI is InChI=1S/C53H35NO2/c1-53(2)45-17-9-7-15-40(45)41-25-23-38(29-46(41)53)54(37-22-21-33-12-4-6-14-35(33)28-37)39-24-26-42-44-31-49-51(43-16-8-10-18-47(43)55-49)50(52(44)56-48(42)30-39)36-20-19-32-11-3-5-13-34(32)27-36/h3-31H,1-2H3. The zero-order chi connectivity index (χ0) is 37.1. The zero-order valence-corrected chi connectivity index (χ0v) is 31.0. The first-order valence-electron chi connectivity index (χ1n) is 19.3. The van der Waals surface area contributed by atoms with E-state index in [-0.39, 0.29) is 5.41 Å². The second kappa shape index (κ2) is 11.5. The third kappa shape index (κ3) is 4.46. The smallest absolute Gasteiger partial charge is 0.144 e. The van der Waals surface area contributed by atoms with Crippen molar-refractivity contribution >= 4 is 82.5 Å². The molecule has 2 heterocycles. The van der Waals surface area contributed by atoms with Gasteiger partial charge in [0.1, 0.15) is 22.3 Å². The highest BCUT2D eigenvalue weighted by Crippen LogP contribution is 2.51. The van der Waals surface area contributed by atoms with Crippen molar-refractivity contribution in [2.75, 3.05) is 4.90 Å². The van der Waals surface area contributed by atoms with E-state index in [1.807, 2.05) is 12.1 Å². The van der Waals surface area contributed by atoms with Crippen LogP contribution in [0.4, 0.5) is 17.1 Å². The van der Waals surface area contributed by atoms with Crippen LogP contribution in [0.5, 0.6) is 0 Å². The molecule has 0 saturated carbocycles. The average Bonchev–Trinajstić information content (AvgIpc) is 3.87. The molecule has 3 heteroatoms. The van der Waals surface area contributed by atoms with Crippen molar-refractivity contribution in [1.29, 1.82) is 0 Å². The first kappa shape index (κ1) is 31.3. The van der Waals surface area contributed by atoms with Crippen LogP contribution in [-0.4, -0.2) is 0 Å². The van der Waals surface area contributed by atoms with Gasteiger partial charge in [-0.15, -0.1) is 0 Å². The summed E-state index contributed by atoms with van der Waals surface area (Å²) in [5.41, 5.74) is 14.0. The van der Waals surface area contributed by atoms with Gasteiger partial charge in [0.25, 0.3) is 0 Å². The maximum absolute atomic E-state index is 7.09. The fourth-order valence-electron chi connectivity index (χ4n) is 9.46. The molecule has 1 aliphatic carbocycles. The Bertz CT molecular complexity index is 3420. The van der Waals surface area contributed by atoms with Crippen LogP contribution in [0.3, 0.4) is 0 Å². The van der Waals surface area contributed by atoms with Gasteiger partial charge in [-0.1, -0.05) is 129 Å². The van der Waals surface area contributed by atoms with E-state index in [2.05, 4.69) is 183 Å². The third-order valence-electron chi connectivity index (χ3n) is 12.2. The number of hydrogen-bond donors (Lipinski definition) is 0. The normalized spacial score (nSPS) is 13.3. The topological polar surface area (TPSA) is 29.5 Å². The zero-order valence-electron chi connectivity index (χ0n) is 31.0. The van der Waals surface area contributed by atoms with E-state index in [9.17, 15) is 0 Å². The van der Waals surface area contributed by atoms with Gasteiger partial charge in [0, 0.05) is 55.7 Å². The maximum Gasteiger partial charge on any atom is 0.144 e. The Kier molecular flexibility index (Phi) is 6.40. The molecule has 56 heavy (non-hydrogen) atoms. The molecule has 0 aliphatic heterocycles. The molecule has 0 bridgehead atoms. The molecule has 0 saturated heterocycles. The van der Waals surface area contributed by atoms with Gasteiger partial charge >= 0.3 is 0 Å². The average molecular weight is 718 g/mol. The number of furan rings is 2. The molecule has 9 aromatic carbocycles. The molecule has 0 fully saturated rings. The molecule has 3 nitrogen and oxygen atoms in total. The van der Waals surface area contributed by atoms with Crippen molar-refractivity contribution in [3.63, 3.8) is 0 Å². The van der Waals surface area contributed by atoms with E-state index in [1.54, 1.807) is 0 Å². The molecule has 0 spiro atoms. The number of fused-ring (bicyclic) bond motifs is 11. The number of benzene rings is 9. The molecular formula is C53H35NO2. The highest BCUT2D eigenvalue weighted by atomic mass is 16.3. The van der Waals surface area contributed by atoms with Gasteiger partial charge in [0.2, 0.25) is 0 Å². The lowest BCUT2D eigenvalue weighted by atomic mass is 9.82. The van der Waals surface area contributed by atoms with Crippen molar-refractivity contribution in [3.05, 3.63) is 187 Å². The second-order valence-corrected chi connectivity index (χ2v) is 15.7. The Morgan fingerprint density at radius 2 is 1.05 bits per heavy atom. The molecule has 0 N–H and O–H groups in total. The minimum Gasteiger partial charge on any atom is -0.456 e. The van der Waals surface area contributed by atoms with Crippen molar-refractivity contribution in [2.45, 2.75) is 19.3 Å². The van der Waals surface area contributed by atoms with Gasteiger partial charge < -0.3 is 13.7 Å². The Morgan fingerprint density at radius 3 is 1.91 bits per heavy atom. The molecule has 2 aromatic heterocycles. The van der Waals surface area contributed by atoms with Crippen molar-refractivity contribution in [3.8, 4) is 22.3 Å². The Morgan fingerprint density at radius 1 is 0.411 bits per heavy atom. The number of hydrogen-bond acceptors (Lipinski definition) is 3. The Hall–Kier alpha value is -7.10. The monoisotopic (exact) mass is 717 g/mol. The molecule has 0 amide bonds. The molecule has 0 unspecified atom stereocenters. The van der Waals surface area contributed by atoms with Crippen LogP contribution in [0.15, 0.2) is 185 Å². The summed E-state index contributed by atoms with van der Waals surface area (Å²) in [5, 5.41) is 9.05. The highest BCUT2D eigenvalue weighted by molar-refractivity contribution is 6.24. The largest absolute Gasteiger partial charge is 0.456 e. The van der Waals surface area contributed by atoms with Crippen LogP contribution in [0.1, 0.15) is 25.0 Å². The summed E-state index contributed by atoms with van der Waals surface area (Å²) in [7, 11) is 0. The van der Waals surface area contributed by atoms with Gasteiger partial charge in [-0.2, -0.15) is 0 Å². The fourth-order valence-corrected chi connectivity index (χ4v) is 9.46. The predicted octanol–water partition coefficient (Wildman–Crippen LogP) is 15.2. The number of anilines is 3. The van der Waals surface area contributed by atoms with E-state index >= 15 is 0 Å². The lowest BCUT2D eigenvalue weighted by Gasteiger charge is -2.28. The first-order chi connectivity index (χ1) is 27.5. The van der Waals surface area contributed by atoms with Crippen molar-refractivity contribution in [1.82, 2.24) is 0 Å². The summed E-state index contributed by atoms with van der Waals surface area (Å²) in [6.07, 6.45) is 0. The van der Waals surface area contributed by atoms with Gasteiger partial charge in [-0.3, -0.25) is 0 Å². The summed E-state index contributed by atoms with van der Waals surface area (Å²) in [6.45, 7) is 4.68. The van der Waals surface area contributed by atoms with E-state index in [0.29, 0.717) is 0 Å². The number of rotatable bonds is 4. The van der Waals surface area contributed by atoms with Crippen molar-refractivity contribution < 1.29 is 8.83 Å². The maximum atomic E-state index is 7.09. The fraction of sp³-hybridized carbons (Fsp3) is 0.0566. The summed E-state index contributed by atoms with van der Waals surface area (Å²) < 4.78 is 13.7. The molecule has 11 aromatic rings. The highest BCUT2D eigenvalue weighted by Gasteiger charge is 2.36. The van der Waals surface area contributed by atoms with E-state index in [4.69, 9.17) is 8.83 Å². The summed E-state index contributed by atoms with van der Waals surface area (Å²) in [5.74, 6) is 0. The molecule has 0 atom stereocenters. The van der Waals surface area contributed by atoms with Gasteiger partial charge in [-0.25, -0.2) is 0 Å². The lowest BCUT2D eigenvalue weighted by molar-refractivity contribution is 0.660. The molecule has 0 radical (unpaired) electrons. The SMILES string of the molecule is CC1(C)c2ccccc2-c2ccc(N(c3ccc4ccccc4c3)c3ccc4c(c3)oc3c(-c5ccc6ccccc6c5)c5c(cc34)oc3ccccc35)cc21. The first-order valence-corrected chi connectivity index (χ1v) is 19.3. The van der Waals surface area contributed by atoms with E-state index in [1.165, 1.54) is 43.8 Å². The van der Waals surface area contributed by atoms with E-state index in [0.717, 1.165) is 72.1 Å². The molecular weight excluding hydrogens is 683 g/mol. The van der Waals surface area contributed by atoms with Crippen LogP contribution < -0.4 is 4.90 Å². The van der Waals surface area contributed by atoms with Gasteiger partial charge in [0.15, 0.2) is 0 Å². The Labute approximate surface area is 323 Å². The molecule has 264 valence electrons. The van der Waals surface area contributed by atoms with Crippen molar-refractivity contribution in [2.24, 2.45) is 0 Å². The number of para-hydroxylation sites is 1. The predicted molar refractivity (Wildman–Crippen MR) is 234 cm³/mol. The quantitative estimate of drug-likeness (QED) is 0.182. The third-order valence-corrected chi connectivity index (χ3v) is 12.2. The van der Waals surface area contributed by atoms with Crippen LogP contribution >= 0.6 is 0 Å². The summed E-state index contributed by atoms with van der Waals surface area (Å²) in [6, 6.07) is 63.5. The van der Waals surface area contributed by atoms with Gasteiger partial charge in [0.05, 0.1) is 0 Å². The number of nitrogens with zero attached hydrogens (tertiary/aromatic N) is 1. The Balaban J connectivity index is 1.10. The van der Waals surface area contributed by atoms with Crippen LogP contribution in [0.2, 0.25) is 0 Å². The molecule has 12 rings (SSSR count). The lowest BCUT2D eigenvalue weighted by Crippen LogP contribution is -2.16. The summed E-state index contributed by atoms with van der Waals surface area (Å²) >= 11 is 0. The minimum atomic E-state index is -0.125. The minimum absolute atomic E-state index is 0.125. The van der Waals surface area contributed by atoms with Gasteiger partial charge in [-0.05, 0) is 104 Å². The van der Waals surface area contributed by atoms with E-state index < -0.39 is 0 Å². The molecule has 1 aliphatic rings. The van der Waals surface area contributed by atoms with Crippen LogP contribution in [0.25, 0.3) is 87.7 Å². The van der Waals surface area contributed by atoms with Crippen LogP contribution in [-0.2, 0) is 5.41 Å². The summed E-state index contributed by atoms with van der Waals surface area (Å²) in [4.78, 5) is 2.38. The van der Waals surface area contributed by atoms with Crippen LogP contribution in [0, 0.1) is 0 Å². The second-order valence-electron chi connectivity index (χ2n) is 15.7.